The fraction of sp³-hybridized carbons (Fsp3) is 0.286. The van der Waals surface area contributed by atoms with Crippen LogP contribution in [0.5, 0.6) is 5.75 Å². The molecule has 0 fully saturated rings. The monoisotopic (exact) mass is 258 g/mol. The Hall–Kier alpha value is -2.30. The van der Waals surface area contributed by atoms with Gasteiger partial charge in [-0.05, 0) is 31.4 Å². The number of aromatic hydroxyl groups is 1. The smallest absolute Gasteiger partial charge is 0.278 e. The molecule has 0 saturated heterocycles. The van der Waals surface area contributed by atoms with Crippen molar-refractivity contribution in [2.24, 2.45) is 0 Å². The maximum Gasteiger partial charge on any atom is 0.278 e. The van der Waals surface area contributed by atoms with Gasteiger partial charge in [0.1, 0.15) is 11.5 Å². The van der Waals surface area contributed by atoms with Crippen molar-refractivity contribution in [1.82, 2.24) is 5.16 Å². The maximum atomic E-state index is 12.1. The highest BCUT2D eigenvalue weighted by Crippen LogP contribution is 2.25. The molecule has 2 aromatic rings. The molecule has 19 heavy (non-hydrogen) atoms. The molecule has 0 saturated carbocycles. The Bertz CT molecular complexity index is 619. The molecule has 0 unspecified atom stereocenters. The first-order chi connectivity index (χ1) is 9.24. The van der Waals surface area contributed by atoms with Crippen molar-refractivity contribution in [3.05, 3.63) is 41.3 Å². The van der Waals surface area contributed by atoms with Gasteiger partial charge in [0.05, 0.1) is 0 Å². The minimum Gasteiger partial charge on any atom is -0.508 e. The molecule has 1 aromatic heterocycles. The van der Waals surface area contributed by atoms with E-state index in [9.17, 15) is 9.90 Å². The van der Waals surface area contributed by atoms with Gasteiger partial charge in [-0.3, -0.25) is 4.79 Å². The van der Waals surface area contributed by atoms with E-state index in [2.05, 4.69) is 10.5 Å². The molecule has 5 nitrogen and oxygen atoms in total. The standard InChI is InChI=1S/C14H14N2O3/c17-10-5-3-4-9(8-10)15-14(18)13-11-6-1-2-7-12(11)19-16-13/h3-5,8,17H,1-2,6-7H2,(H,15,18). The van der Waals surface area contributed by atoms with E-state index in [1.54, 1.807) is 18.2 Å². The first-order valence-corrected chi connectivity index (χ1v) is 6.32. The van der Waals surface area contributed by atoms with Crippen LogP contribution in [0.25, 0.3) is 0 Å². The average Bonchev–Trinajstić information content (AvgIpc) is 2.82. The summed E-state index contributed by atoms with van der Waals surface area (Å²) in [6, 6.07) is 6.42. The summed E-state index contributed by atoms with van der Waals surface area (Å²) < 4.78 is 5.21. The number of carbonyl (C=O) groups is 1. The molecule has 1 aromatic carbocycles. The number of hydrogen-bond donors (Lipinski definition) is 2. The lowest BCUT2D eigenvalue weighted by atomic mass is 9.96. The lowest BCUT2D eigenvalue weighted by molar-refractivity contribution is 0.101. The lowest BCUT2D eigenvalue weighted by Crippen LogP contribution is -2.15. The van der Waals surface area contributed by atoms with Crippen LogP contribution in [0.2, 0.25) is 0 Å². The zero-order valence-electron chi connectivity index (χ0n) is 10.3. The van der Waals surface area contributed by atoms with E-state index in [4.69, 9.17) is 4.52 Å². The van der Waals surface area contributed by atoms with Crippen LogP contribution in [0.4, 0.5) is 5.69 Å². The molecule has 0 radical (unpaired) electrons. The van der Waals surface area contributed by atoms with E-state index in [-0.39, 0.29) is 11.7 Å². The number of anilines is 1. The summed E-state index contributed by atoms with van der Waals surface area (Å²) in [6.45, 7) is 0. The molecule has 2 N–H and O–H groups in total. The van der Waals surface area contributed by atoms with Crippen molar-refractivity contribution in [3.63, 3.8) is 0 Å². The van der Waals surface area contributed by atoms with Crippen molar-refractivity contribution < 1.29 is 14.4 Å². The highest BCUT2D eigenvalue weighted by Gasteiger charge is 2.23. The van der Waals surface area contributed by atoms with Gasteiger partial charge in [0, 0.05) is 23.7 Å². The molecule has 5 heteroatoms. The first-order valence-electron chi connectivity index (χ1n) is 6.32. The molecule has 0 aliphatic heterocycles. The second-order valence-corrected chi connectivity index (χ2v) is 4.64. The molecule has 0 atom stereocenters. The fourth-order valence-electron chi connectivity index (χ4n) is 2.34. The number of nitrogens with one attached hydrogen (secondary N) is 1. The van der Waals surface area contributed by atoms with Crippen LogP contribution in [0, 0.1) is 0 Å². The van der Waals surface area contributed by atoms with Crippen LogP contribution >= 0.6 is 0 Å². The Morgan fingerprint density at radius 2 is 2.16 bits per heavy atom. The minimum absolute atomic E-state index is 0.111. The Morgan fingerprint density at radius 3 is 3.00 bits per heavy atom. The topological polar surface area (TPSA) is 75.4 Å². The van der Waals surface area contributed by atoms with Gasteiger partial charge in [-0.1, -0.05) is 11.2 Å². The highest BCUT2D eigenvalue weighted by molar-refractivity contribution is 6.04. The maximum absolute atomic E-state index is 12.1. The molecular formula is C14H14N2O3. The molecular weight excluding hydrogens is 244 g/mol. The molecule has 1 heterocycles. The van der Waals surface area contributed by atoms with E-state index >= 15 is 0 Å². The average molecular weight is 258 g/mol. The molecule has 1 aliphatic carbocycles. The second-order valence-electron chi connectivity index (χ2n) is 4.64. The Balaban J connectivity index is 1.83. The third kappa shape index (κ3) is 2.31. The SMILES string of the molecule is O=C(Nc1cccc(O)c1)c1noc2c1CCCC2. The van der Waals surface area contributed by atoms with Gasteiger partial charge in [-0.25, -0.2) is 0 Å². The number of amides is 1. The normalized spacial score (nSPS) is 13.9. The second kappa shape index (κ2) is 4.76. The predicted octanol–water partition coefficient (Wildman–Crippen LogP) is 2.51. The summed E-state index contributed by atoms with van der Waals surface area (Å²) in [7, 11) is 0. The number of phenolic OH excluding ortho intramolecular Hbond substituents is 1. The number of benzene rings is 1. The highest BCUT2D eigenvalue weighted by atomic mass is 16.5. The van der Waals surface area contributed by atoms with Crippen molar-refractivity contribution in [2.75, 3.05) is 5.32 Å². The number of rotatable bonds is 2. The van der Waals surface area contributed by atoms with Crippen LogP contribution in [0.3, 0.4) is 0 Å². The molecule has 3 rings (SSSR count). The Kier molecular flexibility index (Phi) is 2.95. The fourth-order valence-corrected chi connectivity index (χ4v) is 2.34. The zero-order valence-corrected chi connectivity index (χ0v) is 10.3. The van der Waals surface area contributed by atoms with Crippen LogP contribution in [0.15, 0.2) is 28.8 Å². The number of fused-ring (bicyclic) bond motifs is 1. The molecule has 0 spiro atoms. The van der Waals surface area contributed by atoms with Crippen LogP contribution < -0.4 is 5.32 Å². The molecule has 0 bridgehead atoms. The first kappa shape index (κ1) is 11.8. The van der Waals surface area contributed by atoms with Crippen LogP contribution in [0.1, 0.15) is 34.7 Å². The lowest BCUT2D eigenvalue weighted by Gasteiger charge is -2.09. The van der Waals surface area contributed by atoms with Gasteiger partial charge in [0.15, 0.2) is 5.69 Å². The van der Waals surface area contributed by atoms with Crippen molar-refractivity contribution in [2.45, 2.75) is 25.7 Å². The summed E-state index contributed by atoms with van der Waals surface area (Å²) in [5, 5.41) is 15.9. The van der Waals surface area contributed by atoms with Gasteiger partial charge in [0.25, 0.3) is 5.91 Å². The van der Waals surface area contributed by atoms with Crippen molar-refractivity contribution in [1.29, 1.82) is 0 Å². The summed E-state index contributed by atoms with van der Waals surface area (Å²) in [4.78, 5) is 12.1. The number of nitrogens with zero attached hydrogens (tertiary/aromatic N) is 1. The Labute approximate surface area is 110 Å². The van der Waals surface area contributed by atoms with E-state index in [0.717, 1.165) is 37.0 Å². The third-order valence-corrected chi connectivity index (χ3v) is 3.27. The zero-order chi connectivity index (χ0) is 13.2. The van der Waals surface area contributed by atoms with Crippen molar-refractivity contribution in [3.8, 4) is 5.75 Å². The van der Waals surface area contributed by atoms with E-state index in [1.807, 2.05) is 0 Å². The molecule has 1 aliphatic rings. The molecule has 1 amide bonds. The minimum atomic E-state index is -0.294. The van der Waals surface area contributed by atoms with E-state index in [0.29, 0.717) is 11.4 Å². The summed E-state index contributed by atoms with van der Waals surface area (Å²) in [6.07, 6.45) is 3.82. The third-order valence-electron chi connectivity index (χ3n) is 3.27. The number of hydrogen-bond acceptors (Lipinski definition) is 4. The van der Waals surface area contributed by atoms with Crippen LogP contribution in [-0.2, 0) is 12.8 Å². The Morgan fingerprint density at radius 1 is 1.32 bits per heavy atom. The summed E-state index contributed by atoms with van der Waals surface area (Å²) in [5.41, 5.74) is 1.82. The number of aryl methyl sites for hydroxylation is 1. The number of carbonyl (C=O) groups excluding carboxylic acids is 1. The summed E-state index contributed by atoms with van der Waals surface area (Å²) >= 11 is 0. The van der Waals surface area contributed by atoms with Gasteiger partial charge in [-0.2, -0.15) is 0 Å². The van der Waals surface area contributed by atoms with Gasteiger partial charge < -0.3 is 14.9 Å². The quantitative estimate of drug-likeness (QED) is 0.867. The predicted molar refractivity (Wildman–Crippen MR) is 69.2 cm³/mol. The van der Waals surface area contributed by atoms with Crippen molar-refractivity contribution >= 4 is 11.6 Å². The van der Waals surface area contributed by atoms with E-state index < -0.39 is 0 Å². The van der Waals surface area contributed by atoms with Gasteiger partial charge >= 0.3 is 0 Å². The van der Waals surface area contributed by atoms with Crippen LogP contribution in [-0.4, -0.2) is 16.2 Å². The van der Waals surface area contributed by atoms with E-state index in [1.165, 1.54) is 6.07 Å². The number of aromatic nitrogens is 1. The molecule has 98 valence electrons. The number of phenols is 1. The summed E-state index contributed by atoms with van der Waals surface area (Å²) in [5.74, 6) is 0.643. The van der Waals surface area contributed by atoms with Gasteiger partial charge in [0.2, 0.25) is 0 Å². The van der Waals surface area contributed by atoms with Gasteiger partial charge in [-0.15, -0.1) is 0 Å². The largest absolute Gasteiger partial charge is 0.508 e.